The van der Waals surface area contributed by atoms with E-state index in [1.165, 1.54) is 26.5 Å². The summed E-state index contributed by atoms with van der Waals surface area (Å²) < 4.78 is 6.07. The average Bonchev–Trinajstić information content (AvgIpc) is 3.60. The minimum absolute atomic E-state index is 0.00189. The number of carbonyl (C=O) groups is 4. The van der Waals surface area contributed by atoms with Gasteiger partial charge in [-0.2, -0.15) is 0 Å². The number of fused-ring (bicyclic) bond motifs is 2. The molecule has 61 heavy (non-hydrogen) atoms. The van der Waals surface area contributed by atoms with E-state index in [-0.39, 0.29) is 105 Å². The highest BCUT2D eigenvalue weighted by Crippen LogP contribution is 2.60. The number of epoxide rings is 1. The van der Waals surface area contributed by atoms with E-state index in [1.54, 1.807) is 14.1 Å². The summed E-state index contributed by atoms with van der Waals surface area (Å²) in [5.74, 6) is 1.74. The number of carbonyl (C=O) groups excluding carboxylic acids is 4. The Morgan fingerprint density at radius 2 is 1.11 bits per heavy atom. The molecule has 3 saturated heterocycles. The first-order chi connectivity index (χ1) is 28.4. The second-order valence-electron chi connectivity index (χ2n) is 21.9. The smallest absolute Gasteiger partial charge is 0.261 e. The third-order valence-electron chi connectivity index (χ3n) is 16.8. The molecule has 16 unspecified atom stereocenters. The zero-order chi connectivity index (χ0) is 45.5. The van der Waals surface area contributed by atoms with Gasteiger partial charge in [0.15, 0.2) is 11.6 Å². The maximum atomic E-state index is 13.3. The fourth-order valence-electron chi connectivity index (χ4n) is 14.1. The number of likely N-dealkylation sites (N-methyl/N-ethyl adjacent to an activating group) is 2. The van der Waals surface area contributed by atoms with E-state index in [4.69, 9.17) is 4.74 Å². The second kappa shape index (κ2) is 17.3. The highest BCUT2D eigenvalue weighted by atomic mass is 16.6. The molecule has 0 bridgehead atoms. The fourth-order valence-corrected chi connectivity index (χ4v) is 14.1. The molecule has 9 heteroatoms. The van der Waals surface area contributed by atoms with Crippen LogP contribution in [0.3, 0.4) is 0 Å². The lowest BCUT2D eigenvalue weighted by molar-refractivity contribution is -0.126. The van der Waals surface area contributed by atoms with Gasteiger partial charge in [0.1, 0.15) is 22.7 Å². The Morgan fingerprint density at radius 3 is 1.49 bits per heavy atom. The lowest BCUT2D eigenvalue weighted by atomic mass is 9.54. The van der Waals surface area contributed by atoms with E-state index >= 15 is 0 Å². The number of ketones is 2. The van der Waals surface area contributed by atoms with Crippen molar-refractivity contribution in [3.05, 3.63) is 57.6 Å². The van der Waals surface area contributed by atoms with E-state index in [1.807, 2.05) is 34.6 Å². The Bertz CT molecular complexity index is 1950. The van der Waals surface area contributed by atoms with Crippen molar-refractivity contribution in [2.24, 2.45) is 82.9 Å². The van der Waals surface area contributed by atoms with Crippen LogP contribution in [-0.2, 0) is 23.9 Å². The molecule has 7 rings (SSSR count). The van der Waals surface area contributed by atoms with Crippen LogP contribution in [0.5, 0.6) is 0 Å². The Morgan fingerprint density at radius 1 is 0.721 bits per heavy atom. The molecule has 0 aromatic heterocycles. The van der Waals surface area contributed by atoms with Crippen LogP contribution in [0.1, 0.15) is 123 Å². The van der Waals surface area contributed by atoms with Crippen LogP contribution in [0.25, 0.3) is 0 Å². The summed E-state index contributed by atoms with van der Waals surface area (Å²) in [7, 11) is 3.36. The Kier molecular flexibility index (Phi) is 13.3. The highest BCUT2D eigenvalue weighted by molar-refractivity contribution is 6.27. The molecule has 0 radical (unpaired) electrons. The average molecular weight is 843 g/mol. The Balaban J connectivity index is 0.000000204. The monoisotopic (exact) mass is 843 g/mol. The lowest BCUT2D eigenvalue weighted by Gasteiger charge is -2.50. The zero-order valence-corrected chi connectivity index (χ0v) is 40.2. The molecule has 7 aliphatic rings. The summed E-state index contributed by atoms with van der Waals surface area (Å²) in [6, 6.07) is -0.995. The van der Waals surface area contributed by atoms with E-state index in [9.17, 15) is 29.4 Å². The Hall–Kier alpha value is -3.46. The summed E-state index contributed by atoms with van der Waals surface area (Å²) in [4.78, 5) is 55.9. The fraction of sp³-hybridized carbons (Fsp3) is 0.731. The van der Waals surface area contributed by atoms with Gasteiger partial charge in [0.25, 0.3) is 11.8 Å². The highest BCUT2D eigenvalue weighted by Gasteiger charge is 2.63. The number of allylic oxidation sites excluding steroid dienone is 7. The molecule has 2 saturated carbocycles. The minimum Gasteiger partial charge on any atom is -0.511 e. The third kappa shape index (κ3) is 7.94. The molecule has 0 spiro atoms. The van der Waals surface area contributed by atoms with Crippen LogP contribution >= 0.6 is 0 Å². The first-order valence-corrected chi connectivity index (χ1v) is 23.6. The van der Waals surface area contributed by atoms with Crippen LogP contribution in [0, 0.1) is 82.9 Å². The third-order valence-corrected chi connectivity index (χ3v) is 16.8. The first-order valence-electron chi connectivity index (χ1n) is 23.6. The van der Waals surface area contributed by atoms with Crippen molar-refractivity contribution in [3.63, 3.8) is 0 Å². The molecule has 338 valence electrons. The quantitative estimate of drug-likeness (QED) is 0.0896. The van der Waals surface area contributed by atoms with E-state index in [0.717, 1.165) is 25.7 Å². The van der Waals surface area contributed by atoms with E-state index in [2.05, 4.69) is 80.5 Å². The number of amides is 2. The van der Waals surface area contributed by atoms with Crippen molar-refractivity contribution >= 4 is 23.4 Å². The zero-order valence-electron chi connectivity index (χ0n) is 40.2. The largest absolute Gasteiger partial charge is 0.511 e. The number of likely N-dealkylation sites (tertiary alicyclic amines) is 2. The number of ether oxygens (including phenoxy) is 1. The first kappa shape index (κ1) is 47.0. The molecule has 4 aliphatic carbocycles. The van der Waals surface area contributed by atoms with E-state index in [0.29, 0.717) is 35.5 Å². The molecule has 5 fully saturated rings. The summed E-state index contributed by atoms with van der Waals surface area (Å²) in [5, 5.41) is 23.4. The molecule has 3 heterocycles. The molecule has 2 N–H and O–H groups in total. The molecule has 2 amide bonds. The maximum Gasteiger partial charge on any atom is 0.261 e. The SMILES string of the molecule is C/C=C(/C)C1C(C)=CC2CC(C)CC(C)C2C1C(O)=C1C(=O)C(C(C)C)N(C)C1=O.CC1=CC2CC(C)CC(C)C2C(/C(O)=C2\C(=O)C(C(C)C)N(C)C2=O)C1C1(C)OC1C. The Labute approximate surface area is 367 Å². The van der Waals surface area contributed by atoms with Gasteiger partial charge >= 0.3 is 0 Å². The van der Waals surface area contributed by atoms with Crippen molar-refractivity contribution in [2.75, 3.05) is 14.1 Å². The summed E-state index contributed by atoms with van der Waals surface area (Å²) >= 11 is 0. The number of aliphatic hydroxyl groups excluding tert-OH is 2. The van der Waals surface area contributed by atoms with Gasteiger partial charge in [-0.15, -0.1) is 0 Å². The van der Waals surface area contributed by atoms with Gasteiger partial charge in [-0.05, 0) is 126 Å². The van der Waals surface area contributed by atoms with Gasteiger partial charge < -0.3 is 24.7 Å². The normalized spacial score (nSPS) is 43.2. The molecular weight excluding hydrogens is 765 g/mol. The summed E-state index contributed by atoms with van der Waals surface area (Å²) in [6.07, 6.45) is 11.4. The van der Waals surface area contributed by atoms with Crippen molar-refractivity contribution in [2.45, 2.75) is 146 Å². The maximum absolute atomic E-state index is 13.3. The molecule has 0 aromatic carbocycles. The number of nitrogens with zero attached hydrogens (tertiary/aromatic N) is 2. The molecule has 0 aromatic rings. The van der Waals surface area contributed by atoms with Gasteiger partial charge in [-0.3, -0.25) is 19.2 Å². The van der Waals surface area contributed by atoms with Gasteiger partial charge in [0.05, 0.1) is 23.8 Å². The van der Waals surface area contributed by atoms with Crippen LogP contribution in [0.4, 0.5) is 0 Å². The second-order valence-corrected chi connectivity index (χ2v) is 21.9. The van der Waals surface area contributed by atoms with Crippen molar-refractivity contribution in [1.29, 1.82) is 0 Å². The van der Waals surface area contributed by atoms with Crippen molar-refractivity contribution in [1.82, 2.24) is 9.80 Å². The lowest BCUT2D eigenvalue weighted by Crippen LogP contribution is -2.47. The van der Waals surface area contributed by atoms with Gasteiger partial charge in [-0.25, -0.2) is 0 Å². The van der Waals surface area contributed by atoms with Crippen molar-refractivity contribution < 1.29 is 34.1 Å². The van der Waals surface area contributed by atoms with Crippen LogP contribution in [0.2, 0.25) is 0 Å². The summed E-state index contributed by atoms with van der Waals surface area (Å²) in [5.41, 5.74) is 3.34. The topological polar surface area (TPSA) is 128 Å². The summed E-state index contributed by atoms with van der Waals surface area (Å²) in [6.45, 7) is 29.5. The number of aliphatic hydroxyl groups is 2. The number of hydrogen-bond acceptors (Lipinski definition) is 7. The van der Waals surface area contributed by atoms with Gasteiger partial charge in [-0.1, -0.05) is 90.3 Å². The predicted octanol–water partition coefficient (Wildman–Crippen LogP) is 9.85. The van der Waals surface area contributed by atoms with Crippen LogP contribution in [0.15, 0.2) is 57.6 Å². The minimum atomic E-state index is -0.505. The molecule has 3 aliphatic heterocycles. The van der Waals surface area contributed by atoms with Crippen molar-refractivity contribution in [3.8, 4) is 0 Å². The predicted molar refractivity (Wildman–Crippen MR) is 241 cm³/mol. The number of hydrogen-bond donors (Lipinski definition) is 2. The number of rotatable bonds is 6. The molecular formula is C52H78N2O7. The van der Waals surface area contributed by atoms with Crippen LogP contribution < -0.4 is 0 Å². The molecule has 16 atom stereocenters. The van der Waals surface area contributed by atoms with Crippen LogP contribution in [-0.4, -0.2) is 81.3 Å². The standard InChI is InChI=1S/C26H39NO4.C26H39NO3/c1-12(2)22-24(29)20(25(30)27(22)8)23(28)19-18-14(4)9-13(3)10-17(18)11-15(5)21(19)26(7)16(6)31-26;1-9-15(5)19-17(7)12-18-11-14(4)10-16(6)20(18)21(19)24(28)22-25(29)23(13(2)3)27(8)26(22)30/h11-14,16-19,21-22,28H,9-10H2,1-8H3;9,12-14,16,18-21,23,28H,10-11H2,1-8H3/b23-20-;15-9-,24-22?. The molecule has 9 nitrogen and oxygen atoms in total. The number of Topliss-reactive ketones (excluding diaryl/α,β-unsaturated/α-hetero) is 2. The van der Waals surface area contributed by atoms with Gasteiger partial charge in [0.2, 0.25) is 0 Å². The van der Waals surface area contributed by atoms with Gasteiger partial charge in [0, 0.05) is 37.8 Å². The van der Waals surface area contributed by atoms with E-state index < -0.39 is 12.1 Å².